The van der Waals surface area contributed by atoms with Gasteiger partial charge in [-0.05, 0) is 232 Å². The Hall–Kier alpha value is -7.52. The fourth-order valence-electron chi connectivity index (χ4n) is 15.4. The van der Waals surface area contributed by atoms with Gasteiger partial charge in [-0.25, -0.2) is 0 Å². The van der Waals surface area contributed by atoms with E-state index in [0.29, 0.717) is 128 Å². The molecule has 0 saturated carbocycles. The van der Waals surface area contributed by atoms with Crippen LogP contribution in [0.25, 0.3) is 69.8 Å². The molecule has 6 rings (SSSR count). The van der Waals surface area contributed by atoms with Crippen LogP contribution in [-0.4, -0.2) is 61.0 Å². The number of hydrogen-bond acceptors (Lipinski definition) is 9. The Bertz CT molecular complexity index is 3730. The fraction of sp³-hybridized carbons (Fsp3) is 0.589. The van der Waals surface area contributed by atoms with Gasteiger partial charge in [0.25, 0.3) is 0 Å². The lowest BCUT2D eigenvalue weighted by atomic mass is 9.93. The van der Waals surface area contributed by atoms with Crippen molar-refractivity contribution in [3.05, 3.63) is 138 Å². The van der Waals surface area contributed by atoms with E-state index in [1.54, 1.807) is 21.3 Å². The zero-order valence-corrected chi connectivity index (χ0v) is 76.9. The van der Waals surface area contributed by atoms with E-state index >= 15 is 0 Å². The lowest BCUT2D eigenvalue weighted by Crippen LogP contribution is -2.07. The van der Waals surface area contributed by atoms with Crippen LogP contribution in [0, 0.1) is 71.0 Å². The topological polar surface area (TPSA) is 83.1 Å². The Kier molecular flexibility index (Phi) is 44.6. The highest BCUT2D eigenvalue weighted by Crippen LogP contribution is 2.43. The third-order valence-electron chi connectivity index (χ3n) is 23.3. The lowest BCUT2D eigenvalue weighted by molar-refractivity contribution is 0.264. The van der Waals surface area contributed by atoms with Crippen LogP contribution in [-0.2, 0) is 0 Å². The maximum absolute atomic E-state index is 6.88. The molecule has 0 fully saturated rings. The minimum absolute atomic E-state index is 0.531. The molecule has 0 aromatic heterocycles. The summed E-state index contributed by atoms with van der Waals surface area (Å²) in [4.78, 5) is 0. The van der Waals surface area contributed by atoms with Gasteiger partial charge in [0.1, 0.15) is 51.7 Å². The molecule has 0 saturated heterocycles. The second-order valence-corrected chi connectivity index (χ2v) is 37.1. The maximum Gasteiger partial charge on any atom is 0.126 e. The molecule has 9 heteroatoms. The molecule has 6 aromatic rings. The molecular weight excluding hydrogens is 1430 g/mol. The number of ether oxygens (including phenoxy) is 9. The molecule has 0 radical (unpaired) electrons. The van der Waals surface area contributed by atoms with Gasteiger partial charge in [-0.15, -0.1) is 0 Å². The number of benzene rings is 6. The summed E-state index contributed by atoms with van der Waals surface area (Å²) in [5.41, 5.74) is 11.3. The van der Waals surface area contributed by atoms with Crippen LogP contribution < -0.4 is 42.6 Å². The molecule has 0 aliphatic rings. The normalized spacial score (nSPS) is 13.5. The van der Waals surface area contributed by atoms with Gasteiger partial charge in [0.05, 0.1) is 61.0 Å². The molecule has 0 bridgehead atoms. The summed E-state index contributed by atoms with van der Waals surface area (Å²) in [6, 6.07) is 32.3. The number of hydrogen-bond donors (Lipinski definition) is 0. The van der Waals surface area contributed by atoms with Crippen molar-refractivity contribution in [2.45, 2.75) is 279 Å². The molecule has 9 nitrogen and oxygen atoms in total. The molecular formula is C107H160O9. The van der Waals surface area contributed by atoms with Crippen molar-refractivity contribution in [3.63, 3.8) is 0 Å². The van der Waals surface area contributed by atoms with Crippen LogP contribution in [0.15, 0.2) is 104 Å². The molecule has 6 atom stereocenters. The van der Waals surface area contributed by atoms with Gasteiger partial charge in [0.2, 0.25) is 0 Å². The Labute approximate surface area is 708 Å². The Morgan fingerprint density at radius 3 is 0.603 bits per heavy atom. The molecule has 0 heterocycles. The highest BCUT2D eigenvalue weighted by molar-refractivity contribution is 5.90. The van der Waals surface area contributed by atoms with Crippen LogP contribution in [0.5, 0.6) is 51.7 Å². The molecule has 0 spiro atoms. The van der Waals surface area contributed by atoms with E-state index in [0.717, 1.165) is 140 Å². The summed E-state index contributed by atoms with van der Waals surface area (Å²) < 4.78 is 59.7. The predicted molar refractivity (Wildman–Crippen MR) is 501 cm³/mol. The van der Waals surface area contributed by atoms with Gasteiger partial charge in [0, 0.05) is 34.9 Å². The number of methoxy groups -OCH3 is 3. The van der Waals surface area contributed by atoms with E-state index in [-0.39, 0.29) is 0 Å². The minimum Gasteiger partial charge on any atom is -0.496 e. The highest BCUT2D eigenvalue weighted by Gasteiger charge is 2.21. The van der Waals surface area contributed by atoms with E-state index in [1.807, 2.05) is 12.2 Å². The average Bonchev–Trinajstić information content (AvgIpc) is 0.794. The Balaban J connectivity index is 1.53. The Morgan fingerprint density at radius 1 is 0.224 bits per heavy atom. The molecule has 0 aliphatic carbocycles. The summed E-state index contributed by atoms with van der Waals surface area (Å²) in [5.74, 6) is 14.4. The van der Waals surface area contributed by atoms with Crippen molar-refractivity contribution in [3.8, 4) is 85.1 Å². The molecule has 6 unspecified atom stereocenters. The first-order valence-electron chi connectivity index (χ1n) is 45.7. The van der Waals surface area contributed by atoms with Crippen LogP contribution in [0.3, 0.4) is 0 Å². The molecule has 0 aliphatic heterocycles. The molecule has 0 amide bonds. The zero-order valence-electron chi connectivity index (χ0n) is 76.9. The van der Waals surface area contributed by atoms with Crippen molar-refractivity contribution in [1.82, 2.24) is 0 Å². The average molecular weight is 1590 g/mol. The van der Waals surface area contributed by atoms with Crippen molar-refractivity contribution in [2.24, 2.45) is 71.0 Å². The summed E-state index contributed by atoms with van der Waals surface area (Å²) >= 11 is 0. The van der Waals surface area contributed by atoms with Crippen molar-refractivity contribution < 1.29 is 42.6 Å². The van der Waals surface area contributed by atoms with Gasteiger partial charge in [0.15, 0.2) is 0 Å². The fourth-order valence-corrected chi connectivity index (χ4v) is 15.4. The third-order valence-corrected chi connectivity index (χ3v) is 23.3. The summed E-state index contributed by atoms with van der Waals surface area (Å²) in [5, 5.41) is 0. The minimum atomic E-state index is 0.531. The van der Waals surface area contributed by atoms with E-state index < -0.39 is 0 Å². The van der Waals surface area contributed by atoms with Crippen LogP contribution in [0.1, 0.15) is 312 Å². The van der Waals surface area contributed by atoms with Gasteiger partial charge in [-0.3, -0.25) is 0 Å². The monoisotopic (exact) mass is 1590 g/mol. The van der Waals surface area contributed by atoms with Crippen molar-refractivity contribution in [1.29, 1.82) is 0 Å². The van der Waals surface area contributed by atoms with Gasteiger partial charge in [-0.1, -0.05) is 290 Å². The van der Waals surface area contributed by atoms with E-state index in [1.165, 1.54) is 116 Å². The SMILES string of the molecule is C=Cc1cc(OC)c(/C=C/c2cc(-c3cc(OCCC(C)CCCC(C)C)cc(OCCC(C)CCCC(C)C)c3)c(/C=C/c3cc(-c4cc(OCCC(C)CCCC(C)C)cc(OCCC(C)CCCC(C)C)c4)c(C=C)cc3OC)cc2OC)cc1-c1cc(OCCC(C)CCCC(C)C)cc(OCCC(C)CCCC(C)C)c1. The smallest absolute Gasteiger partial charge is 0.126 e. The first-order chi connectivity index (χ1) is 55.6. The quantitative estimate of drug-likeness (QED) is 0.0347. The third kappa shape index (κ3) is 36.4. The van der Waals surface area contributed by atoms with Crippen LogP contribution >= 0.6 is 0 Å². The van der Waals surface area contributed by atoms with Gasteiger partial charge >= 0.3 is 0 Å². The standard InChI is InChI=1S/C107H160O9/c1-24-87-69-105(108-21)90(66-102(87)93-60-96(111-54-48-81(15)38-26-32-75(3)4)72-97(61-93)112-55-49-82(16)39-27-33-76(5)6)45-44-89-71-107(110-23)92(68-104(89)95-64-100(115-58-52-85(19)42-30-36-79(11)12)74-101(65-95)116-59-53-86(20)43-31-37-80(13)14)47-46-91-67-103(88(25-2)70-106(91)109-22)94-62-98(113-56-50-83(17)40-28-34-77(7)8)73-99(63-94)114-57-51-84(18)41-29-35-78(9)10/h24-25,44-47,60-86H,1-2,26-43,48-59H2,3-23H3/b45-44+,47-46+. The molecule has 0 N–H and O–H groups in total. The van der Waals surface area contributed by atoms with E-state index in [4.69, 9.17) is 42.6 Å². The second-order valence-electron chi connectivity index (χ2n) is 37.1. The van der Waals surface area contributed by atoms with Gasteiger partial charge in [-0.2, -0.15) is 0 Å². The zero-order chi connectivity index (χ0) is 84.5. The first kappa shape index (κ1) is 97.3. The van der Waals surface area contributed by atoms with E-state index in [2.05, 4.69) is 253 Å². The largest absolute Gasteiger partial charge is 0.496 e. The van der Waals surface area contributed by atoms with Crippen molar-refractivity contribution in [2.75, 3.05) is 61.0 Å². The predicted octanol–water partition coefficient (Wildman–Crippen LogP) is 31.7. The Morgan fingerprint density at radius 2 is 0.414 bits per heavy atom. The second kappa shape index (κ2) is 53.1. The molecule has 642 valence electrons. The maximum atomic E-state index is 6.88. The number of rotatable bonds is 60. The van der Waals surface area contributed by atoms with Gasteiger partial charge < -0.3 is 42.6 Å². The van der Waals surface area contributed by atoms with Crippen LogP contribution in [0.2, 0.25) is 0 Å². The van der Waals surface area contributed by atoms with Crippen LogP contribution in [0.4, 0.5) is 0 Å². The van der Waals surface area contributed by atoms with E-state index in [9.17, 15) is 0 Å². The first-order valence-corrected chi connectivity index (χ1v) is 45.7. The lowest BCUT2D eigenvalue weighted by Gasteiger charge is -2.18. The summed E-state index contributed by atoms with van der Waals surface area (Å²) in [7, 11) is 5.23. The summed E-state index contributed by atoms with van der Waals surface area (Å²) in [6.45, 7) is 54.3. The van der Waals surface area contributed by atoms with Crippen molar-refractivity contribution >= 4 is 36.5 Å². The highest BCUT2D eigenvalue weighted by atomic mass is 16.5. The molecule has 6 aromatic carbocycles. The summed E-state index contributed by atoms with van der Waals surface area (Å²) in [6.07, 6.45) is 40.3. The molecule has 116 heavy (non-hydrogen) atoms.